The maximum absolute atomic E-state index is 11.2. The van der Waals surface area contributed by atoms with Gasteiger partial charge in [-0.2, -0.15) is 0 Å². The SMILES string of the molecule is CCCNC(=O)CN(CC(=O)O)CC(=O)O.[Co]. The first-order valence-electron chi connectivity index (χ1n) is 4.88. The molecule has 0 aromatic carbocycles. The Morgan fingerprint density at radius 1 is 1.06 bits per heavy atom. The Labute approximate surface area is 109 Å². The molecular weight excluding hydrogens is 275 g/mol. The molecule has 0 unspecified atom stereocenters. The van der Waals surface area contributed by atoms with Gasteiger partial charge in [-0.25, -0.2) is 0 Å². The van der Waals surface area contributed by atoms with Crippen molar-refractivity contribution in [1.29, 1.82) is 0 Å². The summed E-state index contributed by atoms with van der Waals surface area (Å²) in [5, 5.41) is 19.6. The van der Waals surface area contributed by atoms with Crippen LogP contribution in [0.3, 0.4) is 0 Å². The minimum atomic E-state index is -1.16. The summed E-state index contributed by atoms with van der Waals surface area (Å²) < 4.78 is 0. The Kier molecular flexibility index (Phi) is 10.8. The second kappa shape index (κ2) is 10.1. The van der Waals surface area contributed by atoms with Gasteiger partial charge in [0, 0.05) is 23.3 Å². The number of hydrogen-bond acceptors (Lipinski definition) is 4. The molecule has 3 N–H and O–H groups in total. The van der Waals surface area contributed by atoms with Crippen LogP contribution in [0.2, 0.25) is 0 Å². The average Bonchev–Trinajstić information content (AvgIpc) is 2.12. The zero-order valence-corrected chi connectivity index (χ0v) is 10.5. The van der Waals surface area contributed by atoms with Crippen LogP contribution >= 0.6 is 0 Å². The quantitative estimate of drug-likeness (QED) is 0.528. The molecule has 0 fully saturated rings. The van der Waals surface area contributed by atoms with Gasteiger partial charge in [0.2, 0.25) is 5.91 Å². The number of hydrogen-bond donors (Lipinski definition) is 3. The molecule has 17 heavy (non-hydrogen) atoms. The molecule has 0 heterocycles. The first-order valence-corrected chi connectivity index (χ1v) is 4.88. The summed E-state index contributed by atoms with van der Waals surface area (Å²) in [7, 11) is 0. The van der Waals surface area contributed by atoms with E-state index in [1.54, 1.807) is 0 Å². The van der Waals surface area contributed by atoms with Crippen LogP contribution in [-0.4, -0.2) is 59.1 Å². The first-order chi connectivity index (χ1) is 7.45. The molecule has 8 heteroatoms. The van der Waals surface area contributed by atoms with E-state index < -0.39 is 25.0 Å². The van der Waals surface area contributed by atoms with E-state index >= 15 is 0 Å². The summed E-state index contributed by atoms with van der Waals surface area (Å²) in [6.45, 7) is 1.22. The molecule has 0 aromatic heterocycles. The van der Waals surface area contributed by atoms with Gasteiger partial charge in [-0.1, -0.05) is 6.92 Å². The van der Waals surface area contributed by atoms with Gasteiger partial charge in [0.25, 0.3) is 0 Å². The van der Waals surface area contributed by atoms with E-state index in [4.69, 9.17) is 10.2 Å². The van der Waals surface area contributed by atoms with Gasteiger partial charge in [-0.15, -0.1) is 0 Å². The van der Waals surface area contributed by atoms with Crippen molar-refractivity contribution in [3.05, 3.63) is 0 Å². The van der Waals surface area contributed by atoms with E-state index in [0.717, 1.165) is 11.3 Å². The molecule has 0 saturated heterocycles. The van der Waals surface area contributed by atoms with E-state index in [2.05, 4.69) is 5.32 Å². The minimum absolute atomic E-state index is 0. The third kappa shape index (κ3) is 11.1. The molecule has 7 nitrogen and oxygen atoms in total. The average molecular weight is 291 g/mol. The van der Waals surface area contributed by atoms with Crippen molar-refractivity contribution in [3.8, 4) is 0 Å². The van der Waals surface area contributed by atoms with E-state index in [-0.39, 0.29) is 29.2 Å². The van der Waals surface area contributed by atoms with Gasteiger partial charge in [-0.05, 0) is 6.42 Å². The van der Waals surface area contributed by atoms with Gasteiger partial charge in [0.1, 0.15) is 0 Å². The van der Waals surface area contributed by atoms with Crippen molar-refractivity contribution in [1.82, 2.24) is 10.2 Å². The molecule has 0 rings (SSSR count). The van der Waals surface area contributed by atoms with Crippen LogP contribution in [0.5, 0.6) is 0 Å². The molecule has 0 aliphatic heterocycles. The summed E-state index contributed by atoms with van der Waals surface area (Å²) in [4.78, 5) is 33.1. The predicted octanol–water partition coefficient (Wildman–Crippen LogP) is -1.02. The standard InChI is InChI=1S/C9H16N2O5.Co/c1-2-3-10-7(12)4-11(5-8(13)14)6-9(15)16;/h2-6H2,1H3,(H,10,12)(H,13,14)(H,15,16);. The Bertz CT molecular complexity index is 256. The monoisotopic (exact) mass is 291 g/mol. The van der Waals surface area contributed by atoms with Gasteiger partial charge in [-0.3, -0.25) is 19.3 Å². The molecule has 101 valence electrons. The van der Waals surface area contributed by atoms with Crippen molar-refractivity contribution in [2.75, 3.05) is 26.2 Å². The maximum atomic E-state index is 11.2. The maximum Gasteiger partial charge on any atom is 0.317 e. The first kappa shape index (κ1) is 18.2. The van der Waals surface area contributed by atoms with Crippen LogP contribution in [0.25, 0.3) is 0 Å². The predicted molar refractivity (Wildman–Crippen MR) is 55.0 cm³/mol. The topological polar surface area (TPSA) is 107 Å². The Morgan fingerprint density at radius 3 is 1.88 bits per heavy atom. The summed E-state index contributed by atoms with van der Waals surface area (Å²) in [5.41, 5.74) is 0. The minimum Gasteiger partial charge on any atom is -0.480 e. The fourth-order valence-corrected chi connectivity index (χ4v) is 1.07. The van der Waals surface area contributed by atoms with Crippen LogP contribution in [0.15, 0.2) is 0 Å². The molecule has 0 aliphatic rings. The molecule has 0 bridgehead atoms. The number of rotatable bonds is 8. The third-order valence-electron chi connectivity index (χ3n) is 1.66. The number of amides is 1. The Hall–Kier alpha value is -1.12. The van der Waals surface area contributed by atoms with E-state index in [1.165, 1.54) is 0 Å². The van der Waals surface area contributed by atoms with E-state index in [1.807, 2.05) is 6.92 Å². The van der Waals surface area contributed by atoms with Crippen molar-refractivity contribution in [3.63, 3.8) is 0 Å². The summed E-state index contributed by atoms with van der Waals surface area (Å²) in [6, 6.07) is 0. The Morgan fingerprint density at radius 2 is 1.53 bits per heavy atom. The van der Waals surface area contributed by atoms with Crippen molar-refractivity contribution >= 4 is 17.8 Å². The number of aliphatic carboxylic acids is 2. The van der Waals surface area contributed by atoms with Crippen LogP contribution in [0.4, 0.5) is 0 Å². The van der Waals surface area contributed by atoms with Crippen LogP contribution in [0, 0.1) is 0 Å². The normalized spacial score (nSPS) is 9.53. The van der Waals surface area contributed by atoms with Gasteiger partial charge >= 0.3 is 11.9 Å². The zero-order valence-electron chi connectivity index (χ0n) is 9.44. The Balaban J connectivity index is 0. The van der Waals surface area contributed by atoms with Crippen LogP contribution in [0.1, 0.15) is 13.3 Å². The number of nitrogens with zero attached hydrogens (tertiary/aromatic N) is 1. The smallest absolute Gasteiger partial charge is 0.317 e. The molecule has 0 saturated carbocycles. The van der Waals surface area contributed by atoms with Crippen LogP contribution in [-0.2, 0) is 31.2 Å². The van der Waals surface area contributed by atoms with E-state index in [0.29, 0.717) is 6.54 Å². The molecule has 0 aromatic rings. The summed E-state index contributed by atoms with van der Waals surface area (Å²) in [6.07, 6.45) is 0.767. The fourth-order valence-electron chi connectivity index (χ4n) is 1.07. The number of nitrogens with one attached hydrogen (secondary N) is 1. The van der Waals surface area contributed by atoms with Gasteiger partial charge in [0.15, 0.2) is 0 Å². The zero-order chi connectivity index (χ0) is 12.6. The molecule has 0 spiro atoms. The second-order valence-corrected chi connectivity index (χ2v) is 3.28. The van der Waals surface area contributed by atoms with Crippen molar-refractivity contribution in [2.45, 2.75) is 13.3 Å². The number of carbonyl (C=O) groups is 3. The fraction of sp³-hybridized carbons (Fsp3) is 0.667. The number of carbonyl (C=O) groups excluding carboxylic acids is 1. The van der Waals surface area contributed by atoms with Crippen molar-refractivity contribution < 1.29 is 41.4 Å². The molecule has 0 aliphatic carbocycles. The summed E-state index contributed by atoms with van der Waals surface area (Å²) in [5.74, 6) is -2.70. The van der Waals surface area contributed by atoms with Gasteiger partial charge < -0.3 is 15.5 Å². The van der Waals surface area contributed by atoms with E-state index in [9.17, 15) is 14.4 Å². The number of carboxylic acid groups (broad SMARTS) is 2. The summed E-state index contributed by atoms with van der Waals surface area (Å²) >= 11 is 0. The third-order valence-corrected chi connectivity index (χ3v) is 1.66. The van der Waals surface area contributed by atoms with Crippen molar-refractivity contribution in [2.24, 2.45) is 0 Å². The molecule has 1 radical (unpaired) electrons. The van der Waals surface area contributed by atoms with Crippen LogP contribution < -0.4 is 5.32 Å². The molecule has 1 amide bonds. The largest absolute Gasteiger partial charge is 0.480 e. The molecule has 0 atom stereocenters. The van der Waals surface area contributed by atoms with Gasteiger partial charge in [0.05, 0.1) is 19.6 Å². The second-order valence-electron chi connectivity index (χ2n) is 3.28. The number of carboxylic acids is 2. The molecular formula is C9H16CoN2O5.